The molecule has 0 bridgehead atoms. The van der Waals surface area contributed by atoms with Crippen molar-refractivity contribution >= 4 is 23.7 Å². The molecule has 3 atom stereocenters. The number of rotatable bonds is 5. The number of fused-ring (bicyclic) bond motifs is 1. The molecule has 2 heterocycles. The second kappa shape index (κ2) is 5.36. The van der Waals surface area contributed by atoms with Crippen LogP contribution in [0.25, 0.3) is 0 Å². The molecule has 0 aliphatic carbocycles. The Balaban J connectivity index is 1.74. The normalized spacial score (nSPS) is 33.8. The minimum Gasteiger partial charge on any atom is -0.359 e. The summed E-state index contributed by atoms with van der Waals surface area (Å²) in [6, 6.07) is -0.159. The van der Waals surface area contributed by atoms with E-state index in [-0.39, 0.29) is 18.0 Å². The van der Waals surface area contributed by atoms with Gasteiger partial charge in [-0.15, -0.1) is 0 Å². The van der Waals surface area contributed by atoms with Crippen molar-refractivity contribution in [3.63, 3.8) is 0 Å². The van der Waals surface area contributed by atoms with Crippen LogP contribution in [0, 0.1) is 0 Å². The lowest BCUT2D eigenvalue weighted by Gasteiger charge is -2.23. The molecule has 1 unspecified atom stereocenters. The van der Waals surface area contributed by atoms with Crippen LogP contribution in [0.1, 0.15) is 25.7 Å². The number of hydrogen-bond acceptors (Lipinski definition) is 4. The Hall–Kier alpha value is -0.950. The Morgan fingerprint density at radius 3 is 3.11 bits per heavy atom. The number of carbonyl (C=O) groups is 2. The largest absolute Gasteiger partial charge is 0.359 e. The molecule has 0 aromatic heterocycles. The third-order valence-corrected chi connectivity index (χ3v) is 5.10. The molecule has 102 valence electrons. The van der Waals surface area contributed by atoms with Crippen molar-refractivity contribution < 1.29 is 9.59 Å². The average Bonchev–Trinajstić information content (AvgIpc) is 2.77. The number of nitrogens with one attached hydrogen (secondary N) is 3. The third kappa shape index (κ3) is 2.72. The van der Waals surface area contributed by atoms with Crippen LogP contribution in [0.15, 0.2) is 0 Å². The third-order valence-electron chi connectivity index (χ3n) is 3.52. The fourth-order valence-corrected chi connectivity index (χ4v) is 4.07. The summed E-state index contributed by atoms with van der Waals surface area (Å²) in [7, 11) is 1.65. The van der Waals surface area contributed by atoms with Gasteiger partial charge in [-0.3, -0.25) is 4.79 Å². The number of thioether (sulfide) groups is 1. The van der Waals surface area contributed by atoms with E-state index in [0.29, 0.717) is 11.7 Å². The van der Waals surface area contributed by atoms with Crippen molar-refractivity contribution in [2.24, 2.45) is 5.73 Å². The number of carbonyl (C=O) groups excluding carboxylic acids is 2. The van der Waals surface area contributed by atoms with E-state index in [0.717, 1.165) is 25.0 Å². The van der Waals surface area contributed by atoms with E-state index in [1.54, 1.807) is 18.8 Å². The van der Waals surface area contributed by atoms with Crippen molar-refractivity contribution in [3.8, 4) is 0 Å². The van der Waals surface area contributed by atoms with Crippen LogP contribution in [0.5, 0.6) is 0 Å². The Morgan fingerprint density at radius 1 is 1.61 bits per heavy atom. The molecule has 2 aliphatic heterocycles. The van der Waals surface area contributed by atoms with Crippen LogP contribution in [-0.2, 0) is 4.79 Å². The summed E-state index contributed by atoms with van der Waals surface area (Å²) < 4.78 is 0. The summed E-state index contributed by atoms with van der Waals surface area (Å²) in [5.74, 6) is 0.828. The summed E-state index contributed by atoms with van der Waals surface area (Å²) in [5, 5.41) is 8.63. The van der Waals surface area contributed by atoms with Gasteiger partial charge in [0.1, 0.15) is 5.66 Å². The van der Waals surface area contributed by atoms with Gasteiger partial charge < -0.3 is 21.7 Å². The van der Waals surface area contributed by atoms with Gasteiger partial charge in [0.25, 0.3) is 0 Å². The van der Waals surface area contributed by atoms with E-state index in [2.05, 4.69) is 16.0 Å². The molecule has 6 nitrogen and oxygen atoms in total. The van der Waals surface area contributed by atoms with Gasteiger partial charge in [-0.05, 0) is 12.8 Å². The van der Waals surface area contributed by atoms with E-state index in [9.17, 15) is 9.59 Å². The molecule has 0 aromatic carbocycles. The first-order chi connectivity index (χ1) is 8.55. The second-order valence-electron chi connectivity index (χ2n) is 4.88. The van der Waals surface area contributed by atoms with Gasteiger partial charge in [-0.2, -0.15) is 11.8 Å². The summed E-state index contributed by atoms with van der Waals surface area (Å²) >= 11 is 1.80. The highest BCUT2D eigenvalue weighted by atomic mass is 32.2. The van der Waals surface area contributed by atoms with E-state index in [1.807, 2.05) is 0 Å². The van der Waals surface area contributed by atoms with Crippen LogP contribution in [-0.4, -0.2) is 41.7 Å². The fraction of sp³-hybridized carbons (Fsp3) is 0.818. The van der Waals surface area contributed by atoms with Crippen molar-refractivity contribution in [2.75, 3.05) is 12.8 Å². The molecule has 2 aliphatic rings. The zero-order valence-corrected chi connectivity index (χ0v) is 11.3. The van der Waals surface area contributed by atoms with Gasteiger partial charge in [0.2, 0.25) is 5.91 Å². The first-order valence-electron chi connectivity index (χ1n) is 6.25. The highest BCUT2D eigenvalue weighted by molar-refractivity contribution is 8.00. The molecule has 2 rings (SSSR count). The maximum absolute atomic E-state index is 11.3. The highest BCUT2D eigenvalue weighted by Gasteiger charge is 2.52. The zero-order chi connectivity index (χ0) is 13.2. The van der Waals surface area contributed by atoms with Crippen LogP contribution in [0.2, 0.25) is 0 Å². The van der Waals surface area contributed by atoms with E-state index < -0.39 is 5.66 Å². The molecular weight excluding hydrogens is 252 g/mol. The predicted octanol–water partition coefficient (Wildman–Crippen LogP) is -0.255. The van der Waals surface area contributed by atoms with Crippen molar-refractivity contribution in [3.05, 3.63) is 0 Å². The van der Waals surface area contributed by atoms with Gasteiger partial charge in [-0.1, -0.05) is 6.42 Å². The van der Waals surface area contributed by atoms with Crippen LogP contribution in [0.3, 0.4) is 0 Å². The SMILES string of the molecule is CNC(=O)CCCCC1SC[C@]2(N)NC(=O)N[C@H]12. The lowest BCUT2D eigenvalue weighted by atomic mass is 9.98. The number of urea groups is 1. The van der Waals surface area contributed by atoms with E-state index in [4.69, 9.17) is 5.73 Å². The number of hydrogen-bond donors (Lipinski definition) is 4. The number of amides is 3. The Morgan fingerprint density at radius 2 is 2.39 bits per heavy atom. The molecule has 0 radical (unpaired) electrons. The molecule has 2 fully saturated rings. The molecular formula is C11H20N4O2S. The molecule has 0 aromatic rings. The standard InChI is InChI=1S/C11H20N4O2S/c1-13-8(16)5-3-2-4-7-9-11(12,6-18-7)15-10(17)14-9/h7,9H,2-6,12H2,1H3,(H,13,16)(H2,14,15,17)/t7?,9-,11+/m1/s1. The Labute approximate surface area is 111 Å². The van der Waals surface area contributed by atoms with E-state index >= 15 is 0 Å². The smallest absolute Gasteiger partial charge is 0.316 e. The second-order valence-corrected chi connectivity index (χ2v) is 6.11. The highest BCUT2D eigenvalue weighted by Crippen LogP contribution is 2.37. The topological polar surface area (TPSA) is 96.2 Å². The molecule has 0 saturated carbocycles. The van der Waals surface area contributed by atoms with Crippen LogP contribution in [0.4, 0.5) is 4.79 Å². The van der Waals surface area contributed by atoms with Gasteiger partial charge in [0.05, 0.1) is 6.04 Å². The lowest BCUT2D eigenvalue weighted by Crippen LogP contribution is -2.58. The average molecular weight is 272 g/mol. The molecule has 2 saturated heterocycles. The fourth-order valence-electron chi connectivity index (χ4n) is 2.49. The Bertz CT molecular complexity index is 352. The maximum Gasteiger partial charge on any atom is 0.316 e. The number of nitrogens with two attached hydrogens (primary N) is 1. The summed E-state index contributed by atoms with van der Waals surface area (Å²) in [6.07, 6.45) is 3.40. The van der Waals surface area contributed by atoms with Gasteiger partial charge in [0, 0.05) is 24.5 Å². The summed E-state index contributed by atoms with van der Waals surface area (Å²) in [4.78, 5) is 22.4. The summed E-state index contributed by atoms with van der Waals surface area (Å²) in [5.41, 5.74) is 5.55. The maximum atomic E-state index is 11.3. The van der Waals surface area contributed by atoms with Gasteiger partial charge in [-0.25, -0.2) is 4.79 Å². The zero-order valence-electron chi connectivity index (χ0n) is 10.5. The van der Waals surface area contributed by atoms with Gasteiger partial charge >= 0.3 is 6.03 Å². The monoisotopic (exact) mass is 272 g/mol. The molecule has 7 heteroatoms. The first kappa shape index (κ1) is 13.5. The molecule has 3 amide bonds. The lowest BCUT2D eigenvalue weighted by molar-refractivity contribution is -0.120. The quantitative estimate of drug-likeness (QED) is 0.410. The molecule has 5 N–H and O–H groups in total. The molecule has 18 heavy (non-hydrogen) atoms. The first-order valence-corrected chi connectivity index (χ1v) is 7.30. The number of unbranched alkanes of at least 4 members (excludes halogenated alkanes) is 1. The van der Waals surface area contributed by atoms with Crippen molar-refractivity contribution in [1.29, 1.82) is 0 Å². The Kier molecular flexibility index (Phi) is 4.01. The summed E-state index contributed by atoms with van der Waals surface area (Å²) in [6.45, 7) is 0. The van der Waals surface area contributed by atoms with Crippen molar-refractivity contribution in [2.45, 2.75) is 42.6 Å². The minimum absolute atomic E-state index is 0.00926. The van der Waals surface area contributed by atoms with Crippen LogP contribution < -0.4 is 21.7 Å². The molecule has 0 spiro atoms. The minimum atomic E-state index is -0.590. The van der Waals surface area contributed by atoms with E-state index in [1.165, 1.54) is 0 Å². The van der Waals surface area contributed by atoms with Crippen LogP contribution >= 0.6 is 11.8 Å². The predicted molar refractivity (Wildman–Crippen MR) is 71.2 cm³/mol. The van der Waals surface area contributed by atoms with Crippen molar-refractivity contribution in [1.82, 2.24) is 16.0 Å². The van der Waals surface area contributed by atoms with Gasteiger partial charge in [0.15, 0.2) is 0 Å².